The predicted octanol–water partition coefficient (Wildman–Crippen LogP) is 4.14. The van der Waals surface area contributed by atoms with Gasteiger partial charge < -0.3 is 14.5 Å². The lowest BCUT2D eigenvalue weighted by Crippen LogP contribution is -2.16. The molecule has 0 fully saturated rings. The van der Waals surface area contributed by atoms with Crippen LogP contribution in [0.3, 0.4) is 0 Å². The largest absolute Gasteiger partial charge is 0.488 e. The fraction of sp³-hybridized carbons (Fsp3) is 0.120. The summed E-state index contributed by atoms with van der Waals surface area (Å²) >= 11 is 0. The minimum atomic E-state index is -0.410. The van der Waals surface area contributed by atoms with Gasteiger partial charge in [0.1, 0.15) is 12.4 Å². The quantitative estimate of drug-likeness (QED) is 0.513. The number of fused-ring (bicyclic) bond motifs is 3. The number of aromatic amines is 1. The second kappa shape index (κ2) is 7.65. The number of methoxy groups -OCH3 is 1. The van der Waals surface area contributed by atoms with Crippen molar-refractivity contribution < 1.29 is 14.3 Å². The van der Waals surface area contributed by atoms with Crippen LogP contribution in [-0.2, 0) is 17.9 Å². The molecule has 0 amide bonds. The molecule has 5 rings (SSSR count). The Hall–Kier alpha value is -4.06. The van der Waals surface area contributed by atoms with Gasteiger partial charge in [0.05, 0.1) is 23.7 Å². The van der Waals surface area contributed by atoms with E-state index < -0.39 is 5.97 Å². The molecule has 0 spiro atoms. The number of benzene rings is 3. The molecule has 1 aromatic heterocycles. The minimum Gasteiger partial charge on any atom is -0.488 e. The number of aromatic nitrogens is 2. The number of hydrogen-bond donors (Lipinski definition) is 1. The van der Waals surface area contributed by atoms with Crippen molar-refractivity contribution >= 4 is 22.6 Å². The number of imidazole rings is 1. The zero-order valence-corrected chi connectivity index (χ0v) is 16.9. The van der Waals surface area contributed by atoms with Crippen LogP contribution in [0.15, 0.2) is 77.6 Å². The van der Waals surface area contributed by atoms with Crippen LogP contribution in [0.2, 0.25) is 0 Å². The molecule has 4 aromatic rings. The number of H-pyrrole nitrogens is 1. The van der Waals surface area contributed by atoms with Crippen molar-refractivity contribution in [2.75, 3.05) is 7.11 Å². The lowest BCUT2D eigenvalue weighted by atomic mass is 9.93. The highest BCUT2D eigenvalue weighted by atomic mass is 16.5. The molecule has 0 bridgehead atoms. The first-order valence-corrected chi connectivity index (χ1v) is 9.97. The second-order valence-corrected chi connectivity index (χ2v) is 7.32. The van der Waals surface area contributed by atoms with Gasteiger partial charge in [-0.3, -0.25) is 4.57 Å². The first kappa shape index (κ1) is 18.9. The summed E-state index contributed by atoms with van der Waals surface area (Å²) in [5.41, 5.74) is 5.66. The highest BCUT2D eigenvalue weighted by molar-refractivity contribution is 5.93. The van der Waals surface area contributed by atoms with Crippen molar-refractivity contribution in [2.24, 2.45) is 0 Å². The molecule has 0 unspecified atom stereocenters. The molecular weight excluding hydrogens is 392 g/mol. The Labute approximate surface area is 178 Å². The first-order valence-electron chi connectivity index (χ1n) is 9.97. The zero-order chi connectivity index (χ0) is 21.4. The molecule has 31 heavy (non-hydrogen) atoms. The van der Waals surface area contributed by atoms with Crippen molar-refractivity contribution in [3.05, 3.63) is 106 Å². The third-order valence-electron chi connectivity index (χ3n) is 5.54. The molecule has 0 radical (unpaired) electrons. The molecule has 1 aliphatic rings. The summed E-state index contributed by atoms with van der Waals surface area (Å²) in [6.45, 7) is 0.791. The van der Waals surface area contributed by atoms with Crippen molar-refractivity contribution in [1.82, 2.24) is 9.55 Å². The molecule has 1 aliphatic heterocycles. The Morgan fingerprint density at radius 2 is 1.90 bits per heavy atom. The van der Waals surface area contributed by atoms with Gasteiger partial charge in [-0.05, 0) is 47.0 Å². The van der Waals surface area contributed by atoms with Crippen LogP contribution < -0.4 is 10.4 Å². The third-order valence-corrected chi connectivity index (χ3v) is 5.54. The maximum atomic E-state index is 12.5. The van der Waals surface area contributed by atoms with E-state index in [9.17, 15) is 9.59 Å². The van der Waals surface area contributed by atoms with Crippen LogP contribution in [0, 0.1) is 0 Å². The Morgan fingerprint density at radius 3 is 2.77 bits per heavy atom. The maximum Gasteiger partial charge on any atom is 0.337 e. The molecule has 0 atom stereocenters. The fourth-order valence-corrected chi connectivity index (χ4v) is 4.01. The van der Waals surface area contributed by atoms with E-state index in [1.165, 1.54) is 7.11 Å². The van der Waals surface area contributed by atoms with E-state index in [4.69, 9.17) is 9.47 Å². The van der Waals surface area contributed by atoms with Crippen LogP contribution in [0.4, 0.5) is 0 Å². The molecule has 3 aromatic carbocycles. The molecule has 6 heteroatoms. The average Bonchev–Trinajstić information content (AvgIpc) is 3.03. The SMILES string of the molecule is COC(=O)c1ccc2c(c1)/C(=C/Cn1c(=O)[nH]c3ccccc31)c1ccccc1CO2. The van der Waals surface area contributed by atoms with E-state index >= 15 is 0 Å². The lowest BCUT2D eigenvalue weighted by molar-refractivity contribution is 0.0600. The summed E-state index contributed by atoms with van der Waals surface area (Å²) in [4.78, 5) is 27.6. The van der Waals surface area contributed by atoms with Gasteiger partial charge in [-0.1, -0.05) is 42.5 Å². The summed E-state index contributed by atoms with van der Waals surface area (Å²) in [6, 6.07) is 20.9. The average molecular weight is 412 g/mol. The molecule has 2 heterocycles. The Balaban J connectivity index is 1.68. The van der Waals surface area contributed by atoms with Crippen LogP contribution in [0.5, 0.6) is 5.75 Å². The van der Waals surface area contributed by atoms with Gasteiger partial charge in [-0.15, -0.1) is 0 Å². The number of carbonyl (C=O) groups is 1. The summed E-state index contributed by atoms with van der Waals surface area (Å²) in [5, 5.41) is 0. The molecule has 1 N–H and O–H groups in total. The van der Waals surface area contributed by atoms with Gasteiger partial charge in [0, 0.05) is 12.1 Å². The van der Waals surface area contributed by atoms with E-state index in [1.54, 1.807) is 22.8 Å². The van der Waals surface area contributed by atoms with Gasteiger partial charge in [-0.2, -0.15) is 0 Å². The number of carbonyl (C=O) groups excluding carboxylic acids is 1. The van der Waals surface area contributed by atoms with Gasteiger partial charge in [0.25, 0.3) is 0 Å². The van der Waals surface area contributed by atoms with Crippen molar-refractivity contribution in [2.45, 2.75) is 13.2 Å². The number of nitrogens with one attached hydrogen (secondary N) is 1. The first-order chi connectivity index (χ1) is 15.2. The maximum absolute atomic E-state index is 12.5. The van der Waals surface area contributed by atoms with E-state index in [-0.39, 0.29) is 5.69 Å². The van der Waals surface area contributed by atoms with Gasteiger partial charge >= 0.3 is 11.7 Å². The summed E-state index contributed by atoms with van der Waals surface area (Å²) in [5.74, 6) is 0.272. The number of esters is 1. The lowest BCUT2D eigenvalue weighted by Gasteiger charge is -2.12. The van der Waals surface area contributed by atoms with E-state index in [0.717, 1.165) is 33.3 Å². The Morgan fingerprint density at radius 1 is 1.10 bits per heavy atom. The summed E-state index contributed by atoms with van der Waals surface area (Å²) < 4.78 is 12.6. The standard InChI is InChI=1S/C25H20N2O4/c1-30-24(28)16-10-11-23-20(14-16)19(18-7-3-2-6-17(18)15-31-23)12-13-27-22-9-5-4-8-21(22)26-25(27)29/h2-12,14H,13,15H2,1H3,(H,26,29)/b19-12+. The van der Waals surface area contributed by atoms with E-state index in [0.29, 0.717) is 24.5 Å². The zero-order valence-electron chi connectivity index (χ0n) is 16.9. The molecule has 0 saturated heterocycles. The fourth-order valence-electron chi connectivity index (χ4n) is 4.01. The molecule has 6 nitrogen and oxygen atoms in total. The van der Waals surface area contributed by atoms with Crippen LogP contribution in [-0.4, -0.2) is 22.6 Å². The number of nitrogens with zero attached hydrogens (tertiary/aromatic N) is 1. The molecular formula is C25H20N2O4. The Kier molecular flexibility index (Phi) is 4.67. The van der Waals surface area contributed by atoms with Gasteiger partial charge in [-0.25, -0.2) is 9.59 Å². The predicted molar refractivity (Wildman–Crippen MR) is 118 cm³/mol. The van der Waals surface area contributed by atoms with Crippen LogP contribution in [0.25, 0.3) is 16.6 Å². The monoisotopic (exact) mass is 412 g/mol. The van der Waals surface area contributed by atoms with Crippen LogP contribution >= 0.6 is 0 Å². The molecule has 0 saturated carbocycles. The second-order valence-electron chi connectivity index (χ2n) is 7.32. The van der Waals surface area contributed by atoms with E-state index in [1.807, 2.05) is 54.6 Å². The highest BCUT2D eigenvalue weighted by Crippen LogP contribution is 2.37. The van der Waals surface area contributed by atoms with Crippen molar-refractivity contribution in [3.63, 3.8) is 0 Å². The van der Waals surface area contributed by atoms with Gasteiger partial charge in [0.2, 0.25) is 0 Å². The van der Waals surface area contributed by atoms with Gasteiger partial charge in [0.15, 0.2) is 0 Å². The number of rotatable bonds is 3. The van der Waals surface area contributed by atoms with Crippen molar-refractivity contribution in [3.8, 4) is 5.75 Å². The number of hydrogen-bond acceptors (Lipinski definition) is 4. The number of allylic oxidation sites excluding steroid dienone is 1. The topological polar surface area (TPSA) is 73.3 Å². The van der Waals surface area contributed by atoms with E-state index in [2.05, 4.69) is 4.98 Å². The van der Waals surface area contributed by atoms with Crippen molar-refractivity contribution in [1.29, 1.82) is 0 Å². The summed E-state index contributed by atoms with van der Waals surface area (Å²) in [7, 11) is 1.36. The third kappa shape index (κ3) is 3.32. The molecule has 0 aliphatic carbocycles. The highest BCUT2D eigenvalue weighted by Gasteiger charge is 2.21. The van der Waals surface area contributed by atoms with Crippen LogP contribution in [0.1, 0.15) is 27.0 Å². The molecule has 154 valence electrons. The normalized spacial score (nSPS) is 13.9. The smallest absolute Gasteiger partial charge is 0.337 e. The summed E-state index contributed by atoms with van der Waals surface area (Å²) in [6.07, 6.45) is 2.01. The Bertz CT molecular complexity index is 1390. The number of ether oxygens (including phenoxy) is 2. The minimum absolute atomic E-state index is 0.167. The number of para-hydroxylation sites is 2.